The number of carbonyl (C=O) groups is 3. The van der Waals surface area contributed by atoms with Crippen molar-refractivity contribution in [1.29, 1.82) is 0 Å². The number of nitrogens with zero attached hydrogens (tertiary/aromatic N) is 1. The smallest absolute Gasteiger partial charge is 0.239 e. The second-order valence-electron chi connectivity index (χ2n) is 8.81. The molecule has 0 rings (SSSR count). The van der Waals surface area contributed by atoms with E-state index in [-0.39, 0.29) is 42.5 Å². The molecule has 0 saturated carbocycles. The van der Waals surface area contributed by atoms with Gasteiger partial charge in [0, 0.05) is 39.0 Å². The van der Waals surface area contributed by atoms with E-state index in [9.17, 15) is 14.4 Å². The van der Waals surface area contributed by atoms with Gasteiger partial charge in [-0.05, 0) is 64.3 Å². The van der Waals surface area contributed by atoms with Gasteiger partial charge in [0.25, 0.3) is 0 Å². The molecule has 37 heavy (non-hydrogen) atoms. The Bertz CT molecular complexity index is 633. The minimum Gasteiger partial charge on any atom is -0.356 e. The minimum absolute atomic E-state index is 0. The Morgan fingerprint density at radius 2 is 1.27 bits per heavy atom. The molecule has 0 saturated heterocycles. The van der Waals surface area contributed by atoms with Crippen LogP contribution in [0.15, 0.2) is 24.3 Å². The first-order valence-electron chi connectivity index (χ1n) is 13.5. The fraction of sp³-hybridized carbons (Fsp3) is 0.741. The molecule has 8 nitrogen and oxygen atoms in total. The molecule has 0 aromatic heterocycles. The fourth-order valence-corrected chi connectivity index (χ4v) is 3.53. The van der Waals surface area contributed by atoms with E-state index < -0.39 is 6.04 Å². The fourth-order valence-electron chi connectivity index (χ4n) is 3.53. The average molecular weight is 567 g/mol. The SMILES string of the molecule is CC/C=C\CCC(=O)NCCCCN(CCCNC(=O)CC/C=C\CC)C(=O)[C@H](N)CCCCN.Cl.Cl. The van der Waals surface area contributed by atoms with Crippen LogP contribution in [0.25, 0.3) is 0 Å². The molecule has 0 aromatic rings. The minimum atomic E-state index is -0.530. The zero-order chi connectivity index (χ0) is 26.2. The quantitative estimate of drug-likeness (QED) is 0.116. The second-order valence-corrected chi connectivity index (χ2v) is 8.81. The third-order valence-corrected chi connectivity index (χ3v) is 5.58. The summed E-state index contributed by atoms with van der Waals surface area (Å²) in [7, 11) is 0. The summed E-state index contributed by atoms with van der Waals surface area (Å²) >= 11 is 0. The van der Waals surface area contributed by atoms with E-state index in [1.807, 2.05) is 12.2 Å². The van der Waals surface area contributed by atoms with E-state index in [1.165, 1.54) is 0 Å². The van der Waals surface area contributed by atoms with Gasteiger partial charge in [0.2, 0.25) is 17.7 Å². The van der Waals surface area contributed by atoms with Gasteiger partial charge in [-0.1, -0.05) is 44.6 Å². The highest BCUT2D eigenvalue weighted by Crippen LogP contribution is 2.06. The lowest BCUT2D eigenvalue weighted by Crippen LogP contribution is -2.45. The maximum Gasteiger partial charge on any atom is 0.239 e. The first kappa shape index (κ1) is 39.9. The van der Waals surface area contributed by atoms with Gasteiger partial charge in [0.1, 0.15) is 0 Å². The molecule has 10 heteroatoms. The van der Waals surface area contributed by atoms with Crippen LogP contribution in [-0.4, -0.2) is 61.4 Å². The van der Waals surface area contributed by atoms with Crippen LogP contribution in [0.3, 0.4) is 0 Å². The normalized spacial score (nSPS) is 11.6. The van der Waals surface area contributed by atoms with Gasteiger partial charge in [-0.3, -0.25) is 14.4 Å². The summed E-state index contributed by atoms with van der Waals surface area (Å²) in [5.41, 5.74) is 11.7. The predicted octanol–water partition coefficient (Wildman–Crippen LogP) is 4.01. The lowest BCUT2D eigenvalue weighted by molar-refractivity contribution is -0.133. The molecule has 0 bridgehead atoms. The highest BCUT2D eigenvalue weighted by Gasteiger charge is 2.20. The largest absolute Gasteiger partial charge is 0.356 e. The van der Waals surface area contributed by atoms with Crippen molar-refractivity contribution in [1.82, 2.24) is 15.5 Å². The molecule has 0 aliphatic rings. The Hall–Kier alpha value is -1.61. The number of nitrogens with one attached hydrogen (secondary N) is 2. The number of hydrogen-bond donors (Lipinski definition) is 4. The molecule has 3 amide bonds. The van der Waals surface area contributed by atoms with Crippen LogP contribution in [0.1, 0.15) is 90.9 Å². The zero-order valence-corrected chi connectivity index (χ0v) is 24.7. The summed E-state index contributed by atoms with van der Waals surface area (Å²) in [6, 6.07) is -0.530. The van der Waals surface area contributed by atoms with Crippen molar-refractivity contribution < 1.29 is 14.4 Å². The summed E-state index contributed by atoms with van der Waals surface area (Å²) in [5.74, 6) is 0.0365. The lowest BCUT2D eigenvalue weighted by Gasteiger charge is -2.26. The Morgan fingerprint density at radius 3 is 1.78 bits per heavy atom. The lowest BCUT2D eigenvalue weighted by atomic mass is 10.1. The topological polar surface area (TPSA) is 131 Å². The highest BCUT2D eigenvalue weighted by molar-refractivity contribution is 5.85. The molecular formula is C27H53Cl2N5O3. The summed E-state index contributed by atoms with van der Waals surface area (Å²) in [6.07, 6.45) is 17.2. The second kappa shape index (κ2) is 29.0. The predicted molar refractivity (Wildman–Crippen MR) is 159 cm³/mol. The molecule has 0 unspecified atom stereocenters. The van der Waals surface area contributed by atoms with Crippen LogP contribution in [-0.2, 0) is 14.4 Å². The van der Waals surface area contributed by atoms with E-state index in [4.69, 9.17) is 11.5 Å². The first-order valence-corrected chi connectivity index (χ1v) is 13.5. The van der Waals surface area contributed by atoms with E-state index in [0.29, 0.717) is 58.4 Å². The zero-order valence-electron chi connectivity index (χ0n) is 23.1. The van der Waals surface area contributed by atoms with Crippen molar-refractivity contribution in [2.24, 2.45) is 11.5 Å². The van der Waals surface area contributed by atoms with Crippen molar-refractivity contribution in [3.8, 4) is 0 Å². The maximum absolute atomic E-state index is 12.9. The average Bonchev–Trinajstić information content (AvgIpc) is 2.85. The summed E-state index contributed by atoms with van der Waals surface area (Å²) < 4.78 is 0. The van der Waals surface area contributed by atoms with E-state index in [1.54, 1.807) is 4.90 Å². The molecule has 0 aromatic carbocycles. The highest BCUT2D eigenvalue weighted by atomic mass is 35.5. The standard InChI is InChI=1S/C27H51N5O3.2ClH/c1-3-5-7-9-17-25(33)30-20-13-14-22-32(27(35)24(29)16-11-12-19-28)23-15-21-31-26(34)18-10-8-6-4-2;;/h5-8,24H,3-4,9-23,28-29H2,1-2H3,(H,30,33)(H,31,34);2*1H/b7-5-,8-6-;;/t24-;;/m1../s1. The van der Waals surface area contributed by atoms with Crippen molar-refractivity contribution >= 4 is 42.5 Å². The number of halogens is 2. The van der Waals surface area contributed by atoms with Gasteiger partial charge in [-0.25, -0.2) is 0 Å². The van der Waals surface area contributed by atoms with Crippen LogP contribution in [0.2, 0.25) is 0 Å². The molecule has 218 valence electrons. The van der Waals surface area contributed by atoms with Crippen LogP contribution in [0.4, 0.5) is 0 Å². The number of amides is 3. The van der Waals surface area contributed by atoms with Crippen molar-refractivity contribution in [3.05, 3.63) is 24.3 Å². The van der Waals surface area contributed by atoms with Gasteiger partial charge in [0.05, 0.1) is 6.04 Å². The van der Waals surface area contributed by atoms with Gasteiger partial charge in [-0.2, -0.15) is 0 Å². The Balaban J connectivity index is -0.00000578. The summed E-state index contributed by atoms with van der Waals surface area (Å²) in [6.45, 7) is 7.01. The third kappa shape index (κ3) is 24.5. The number of nitrogens with two attached hydrogens (primary N) is 2. The Morgan fingerprint density at radius 1 is 0.757 bits per heavy atom. The molecule has 6 N–H and O–H groups in total. The Labute approximate surface area is 237 Å². The first-order chi connectivity index (χ1) is 17.0. The van der Waals surface area contributed by atoms with Gasteiger partial charge in [-0.15, -0.1) is 24.8 Å². The van der Waals surface area contributed by atoms with Crippen LogP contribution in [0.5, 0.6) is 0 Å². The van der Waals surface area contributed by atoms with Gasteiger partial charge >= 0.3 is 0 Å². The molecule has 0 radical (unpaired) electrons. The molecule has 0 spiro atoms. The number of rotatable bonds is 22. The van der Waals surface area contributed by atoms with Crippen molar-refractivity contribution in [3.63, 3.8) is 0 Å². The molecule has 0 heterocycles. The molecule has 0 aliphatic carbocycles. The van der Waals surface area contributed by atoms with E-state index in [0.717, 1.165) is 51.4 Å². The van der Waals surface area contributed by atoms with E-state index >= 15 is 0 Å². The molecular weight excluding hydrogens is 513 g/mol. The van der Waals surface area contributed by atoms with Crippen molar-refractivity contribution in [2.75, 3.05) is 32.7 Å². The monoisotopic (exact) mass is 565 g/mol. The van der Waals surface area contributed by atoms with Crippen molar-refractivity contribution in [2.45, 2.75) is 96.9 Å². The number of allylic oxidation sites excluding steroid dienone is 4. The van der Waals surface area contributed by atoms with E-state index in [2.05, 4.69) is 36.6 Å². The number of carbonyl (C=O) groups excluding carboxylic acids is 3. The maximum atomic E-state index is 12.9. The number of unbranched alkanes of at least 4 members (excludes halogenated alkanes) is 2. The molecule has 1 atom stereocenters. The molecule has 0 aliphatic heterocycles. The van der Waals surface area contributed by atoms with Crippen LogP contribution in [0, 0.1) is 0 Å². The van der Waals surface area contributed by atoms with Gasteiger partial charge in [0.15, 0.2) is 0 Å². The van der Waals surface area contributed by atoms with Gasteiger partial charge < -0.3 is 27.0 Å². The molecule has 0 fully saturated rings. The summed E-state index contributed by atoms with van der Waals surface area (Å²) in [4.78, 5) is 38.5. The van der Waals surface area contributed by atoms with Crippen LogP contribution < -0.4 is 22.1 Å². The Kier molecular flexibility index (Phi) is 31.2. The third-order valence-electron chi connectivity index (χ3n) is 5.58. The summed E-state index contributed by atoms with van der Waals surface area (Å²) in [5, 5.41) is 5.87. The van der Waals surface area contributed by atoms with Crippen LogP contribution >= 0.6 is 24.8 Å². The number of hydrogen-bond acceptors (Lipinski definition) is 5.